The maximum Gasteiger partial charge on any atom is 0.405 e. The molecule has 0 spiro atoms. The molecule has 0 fully saturated rings. The van der Waals surface area contributed by atoms with Crippen LogP contribution < -0.4 is 0 Å². The van der Waals surface area contributed by atoms with Gasteiger partial charge in [0.25, 0.3) is 0 Å². The largest absolute Gasteiger partial charge is 0.434 e. The Hall–Kier alpha value is 0.0500. The highest BCUT2D eigenvalue weighted by atomic mass is 35.5. The van der Waals surface area contributed by atoms with E-state index in [0.29, 0.717) is 6.42 Å². The Kier molecular flexibility index (Phi) is 8.67. The van der Waals surface area contributed by atoms with Crippen LogP contribution in [0, 0.1) is 0 Å². The lowest BCUT2D eigenvalue weighted by Crippen LogP contribution is -2.06. The van der Waals surface area contributed by atoms with E-state index in [9.17, 15) is 4.79 Å². The fourth-order valence-corrected chi connectivity index (χ4v) is 1.46. The molecule has 0 radical (unpaired) electrons. The van der Waals surface area contributed by atoms with Crippen molar-refractivity contribution in [3.05, 3.63) is 0 Å². The van der Waals surface area contributed by atoms with Crippen molar-refractivity contribution in [3.63, 3.8) is 0 Å². The second kappa shape index (κ2) is 8.64. The lowest BCUT2D eigenvalue weighted by molar-refractivity contribution is 0.154. The van der Waals surface area contributed by atoms with Crippen LogP contribution in [0.15, 0.2) is 0 Å². The summed E-state index contributed by atoms with van der Waals surface area (Å²) in [5.41, 5.74) is -1.39. The van der Waals surface area contributed by atoms with E-state index in [1.807, 2.05) is 0 Å². The Bertz CT molecular complexity index is 140. The van der Waals surface area contributed by atoms with Crippen molar-refractivity contribution >= 4 is 28.6 Å². The molecule has 0 saturated heterocycles. The van der Waals surface area contributed by atoms with E-state index in [-0.39, 0.29) is 0 Å². The summed E-state index contributed by atoms with van der Waals surface area (Å²) in [5, 5.41) is 0. The third kappa shape index (κ3) is 9.97. The van der Waals surface area contributed by atoms with Crippen molar-refractivity contribution in [2.24, 2.45) is 0 Å². The highest BCUT2D eigenvalue weighted by Crippen LogP contribution is 2.13. The van der Waals surface area contributed by atoms with Gasteiger partial charge in [-0.1, -0.05) is 44.2 Å². The van der Waals surface area contributed by atoms with Crippen molar-refractivity contribution in [3.8, 4) is 0 Å². The van der Waals surface area contributed by atoms with Gasteiger partial charge in [-0.05, 0) is 12.8 Å². The molecule has 1 atom stereocenters. The second-order valence-corrected chi connectivity index (χ2v) is 3.76. The van der Waals surface area contributed by atoms with Gasteiger partial charge < -0.3 is 4.74 Å². The zero-order chi connectivity index (χ0) is 10.1. The molecule has 1 unspecified atom stereocenters. The first kappa shape index (κ1) is 13.1. The molecule has 0 amide bonds. The van der Waals surface area contributed by atoms with E-state index in [1.165, 1.54) is 19.3 Å². The summed E-state index contributed by atoms with van der Waals surface area (Å²) in [6, 6.07) is 0. The van der Waals surface area contributed by atoms with Gasteiger partial charge in [0, 0.05) is 11.6 Å². The van der Waals surface area contributed by atoms with Crippen molar-refractivity contribution in [2.45, 2.75) is 51.0 Å². The molecule has 0 rings (SSSR count). The number of ether oxygens (including phenoxy) is 1. The van der Waals surface area contributed by atoms with Gasteiger partial charge in [0.05, 0.1) is 0 Å². The molecule has 0 bridgehead atoms. The van der Waals surface area contributed by atoms with Crippen molar-refractivity contribution in [1.29, 1.82) is 0 Å². The summed E-state index contributed by atoms with van der Waals surface area (Å²) < 4.78 is 4.55. The quantitative estimate of drug-likeness (QED) is 0.368. The molecule has 13 heavy (non-hydrogen) atoms. The Balaban J connectivity index is 3.17. The summed E-state index contributed by atoms with van der Waals surface area (Å²) in [6.45, 7) is 2.17. The maximum absolute atomic E-state index is 10.2. The topological polar surface area (TPSA) is 26.3 Å². The Morgan fingerprint density at radius 1 is 1.31 bits per heavy atom. The van der Waals surface area contributed by atoms with E-state index in [0.717, 1.165) is 12.8 Å². The minimum Gasteiger partial charge on any atom is -0.434 e. The summed E-state index contributed by atoms with van der Waals surface area (Å²) in [5.74, 6) is 0. The van der Waals surface area contributed by atoms with Crippen LogP contribution in [0.25, 0.3) is 0 Å². The number of carbonyl (C=O) groups is 1. The van der Waals surface area contributed by atoms with Gasteiger partial charge in [-0.3, -0.25) is 0 Å². The van der Waals surface area contributed by atoms with E-state index in [4.69, 9.17) is 23.2 Å². The molecular formula is C9H16Cl2O2. The van der Waals surface area contributed by atoms with Crippen molar-refractivity contribution in [2.75, 3.05) is 0 Å². The minimum atomic E-state index is -0.825. The number of rotatable bonds is 7. The number of alkyl halides is 1. The van der Waals surface area contributed by atoms with Crippen LogP contribution in [0.5, 0.6) is 0 Å². The van der Waals surface area contributed by atoms with Crippen LogP contribution in [-0.4, -0.2) is 11.0 Å². The lowest BCUT2D eigenvalue weighted by atomic mass is 10.1. The van der Waals surface area contributed by atoms with E-state index in [1.54, 1.807) is 0 Å². The van der Waals surface area contributed by atoms with E-state index in [2.05, 4.69) is 11.7 Å². The highest BCUT2D eigenvalue weighted by molar-refractivity contribution is 6.61. The van der Waals surface area contributed by atoms with Gasteiger partial charge in [-0.25, -0.2) is 4.79 Å². The first-order valence-electron chi connectivity index (χ1n) is 4.67. The Morgan fingerprint density at radius 3 is 2.46 bits per heavy atom. The molecule has 0 aromatic rings. The molecule has 0 aliphatic heterocycles. The van der Waals surface area contributed by atoms with Gasteiger partial charge >= 0.3 is 5.43 Å². The predicted molar refractivity (Wildman–Crippen MR) is 55.4 cm³/mol. The fourth-order valence-electron chi connectivity index (χ4n) is 1.07. The van der Waals surface area contributed by atoms with Gasteiger partial charge in [0.2, 0.25) is 0 Å². The number of hydrogen-bond donors (Lipinski definition) is 0. The van der Waals surface area contributed by atoms with Gasteiger partial charge in [0.15, 0.2) is 5.56 Å². The molecule has 0 aromatic carbocycles. The highest BCUT2D eigenvalue weighted by Gasteiger charge is 2.07. The molecular weight excluding hydrogens is 211 g/mol. The molecule has 0 aliphatic rings. The lowest BCUT2D eigenvalue weighted by Gasteiger charge is -2.07. The molecule has 0 N–H and O–H groups in total. The smallest absolute Gasteiger partial charge is 0.405 e. The second-order valence-electron chi connectivity index (χ2n) is 2.97. The van der Waals surface area contributed by atoms with Crippen LogP contribution in [0.4, 0.5) is 4.79 Å². The first-order chi connectivity index (χ1) is 6.16. The standard InChI is InChI=1S/C9H16Cl2O2/c1-2-3-4-5-6-7-8(10)13-9(11)12/h8H,2-7H2,1H3. The average molecular weight is 227 g/mol. The molecule has 4 heteroatoms. The molecule has 0 aliphatic carbocycles. The molecule has 0 heterocycles. The number of unbranched alkanes of at least 4 members (excludes halogenated alkanes) is 4. The van der Waals surface area contributed by atoms with Gasteiger partial charge in [-0.2, -0.15) is 0 Å². The average Bonchev–Trinajstić information content (AvgIpc) is 2.02. The van der Waals surface area contributed by atoms with Crippen LogP contribution in [0.2, 0.25) is 0 Å². The Morgan fingerprint density at radius 2 is 1.92 bits per heavy atom. The van der Waals surface area contributed by atoms with Crippen LogP contribution in [0.1, 0.15) is 45.4 Å². The maximum atomic E-state index is 10.2. The predicted octanol–water partition coefficient (Wildman–Crippen LogP) is 4.29. The van der Waals surface area contributed by atoms with E-state index >= 15 is 0 Å². The summed E-state index contributed by atoms with van der Waals surface area (Å²) >= 11 is 10.7. The Labute approximate surface area is 89.5 Å². The summed E-state index contributed by atoms with van der Waals surface area (Å²) in [6.07, 6.45) is 6.50. The number of halogens is 2. The van der Waals surface area contributed by atoms with Gasteiger partial charge in [0.1, 0.15) is 0 Å². The number of hydrogen-bond acceptors (Lipinski definition) is 2. The normalized spacial score (nSPS) is 12.5. The van der Waals surface area contributed by atoms with Gasteiger partial charge in [-0.15, -0.1) is 0 Å². The van der Waals surface area contributed by atoms with Crippen LogP contribution in [0.3, 0.4) is 0 Å². The third-order valence-electron chi connectivity index (χ3n) is 1.76. The SMILES string of the molecule is CCCCCCCC(Cl)OC(=O)Cl. The van der Waals surface area contributed by atoms with Crippen molar-refractivity contribution < 1.29 is 9.53 Å². The molecule has 0 aromatic heterocycles. The zero-order valence-electron chi connectivity index (χ0n) is 7.89. The summed E-state index contributed by atoms with van der Waals surface area (Å²) in [7, 11) is 0. The van der Waals surface area contributed by atoms with Crippen molar-refractivity contribution in [1.82, 2.24) is 0 Å². The third-order valence-corrected chi connectivity index (χ3v) is 2.15. The van der Waals surface area contributed by atoms with Crippen LogP contribution in [-0.2, 0) is 4.74 Å². The molecule has 2 nitrogen and oxygen atoms in total. The van der Waals surface area contributed by atoms with E-state index < -0.39 is 11.0 Å². The zero-order valence-corrected chi connectivity index (χ0v) is 9.40. The first-order valence-corrected chi connectivity index (χ1v) is 5.48. The monoisotopic (exact) mass is 226 g/mol. The number of carbonyl (C=O) groups excluding carboxylic acids is 1. The summed E-state index contributed by atoms with van der Waals surface area (Å²) in [4.78, 5) is 10.2. The van der Waals surface area contributed by atoms with Crippen LogP contribution >= 0.6 is 23.2 Å². The minimum absolute atomic E-state index is 0.563. The molecule has 78 valence electrons. The molecule has 0 saturated carbocycles. The fraction of sp³-hybridized carbons (Fsp3) is 0.889.